The van der Waals surface area contributed by atoms with Gasteiger partial charge in [-0.2, -0.15) is 8.42 Å². The van der Waals surface area contributed by atoms with Crippen LogP contribution in [0.2, 0.25) is 5.02 Å². The first kappa shape index (κ1) is 25.8. The molecule has 0 fully saturated rings. The van der Waals surface area contributed by atoms with Gasteiger partial charge < -0.3 is 5.32 Å². The van der Waals surface area contributed by atoms with Gasteiger partial charge in [-0.3, -0.25) is 14.7 Å². The largest absolute Gasteiger partial charge is 0.355 e. The summed E-state index contributed by atoms with van der Waals surface area (Å²) in [6, 6.07) is 20.6. The first-order valence-electron chi connectivity index (χ1n) is 9.45. The van der Waals surface area contributed by atoms with Crippen molar-refractivity contribution in [2.75, 3.05) is 5.32 Å². The summed E-state index contributed by atoms with van der Waals surface area (Å²) >= 11 is 6.08. The summed E-state index contributed by atoms with van der Waals surface area (Å²) in [4.78, 5) is 10.0. The fourth-order valence-corrected chi connectivity index (χ4v) is 4.18. The van der Waals surface area contributed by atoms with Gasteiger partial charge in [-0.25, -0.2) is 0 Å². The molecule has 4 aromatic carbocycles. The predicted octanol–water partition coefficient (Wildman–Crippen LogP) is 6.43. The molecule has 0 saturated heterocycles. The van der Waals surface area contributed by atoms with E-state index in [1.165, 1.54) is 24.3 Å². The van der Waals surface area contributed by atoms with Gasteiger partial charge in [-0.15, -0.1) is 10.2 Å². The Morgan fingerprint density at radius 1 is 0.912 bits per heavy atom. The zero-order chi connectivity index (χ0) is 23.6. The van der Waals surface area contributed by atoms with Gasteiger partial charge in [0, 0.05) is 63.8 Å². The van der Waals surface area contributed by atoms with Gasteiger partial charge in [0.1, 0.15) is 10.6 Å². The molecule has 0 aliphatic rings. The number of hydrogen-bond acceptors (Lipinski definition) is 7. The summed E-state index contributed by atoms with van der Waals surface area (Å²) in [5.41, 5.74) is 1.49. The van der Waals surface area contributed by atoms with Crippen LogP contribution in [0.5, 0.6) is 0 Å². The second kappa shape index (κ2) is 10.6. The van der Waals surface area contributed by atoms with Crippen molar-refractivity contribution < 1.29 is 17.9 Å². The summed E-state index contributed by atoms with van der Waals surface area (Å²) in [5, 5.41) is 23.0. The van der Waals surface area contributed by atoms with Crippen LogP contribution in [0.1, 0.15) is 0 Å². The van der Waals surface area contributed by atoms with Gasteiger partial charge in [0.25, 0.3) is 15.8 Å². The Kier molecular flexibility index (Phi) is 8.03. The van der Waals surface area contributed by atoms with E-state index in [1.54, 1.807) is 18.2 Å². The maximum Gasteiger partial charge on any atom is 0.295 e. The number of rotatable bonds is 6. The van der Waals surface area contributed by atoms with Crippen molar-refractivity contribution in [1.29, 1.82) is 0 Å². The first-order valence-corrected chi connectivity index (χ1v) is 11.3. The minimum atomic E-state index is -4.54. The Bertz CT molecular complexity index is 1520. The van der Waals surface area contributed by atoms with Crippen molar-refractivity contribution in [3.05, 3.63) is 94.0 Å². The summed E-state index contributed by atoms with van der Waals surface area (Å²) in [6.45, 7) is 0. The molecule has 0 atom stereocenters. The third-order valence-electron chi connectivity index (χ3n) is 4.72. The molecule has 4 aromatic rings. The number of benzene rings is 4. The van der Waals surface area contributed by atoms with Crippen molar-refractivity contribution in [2.45, 2.75) is 4.90 Å². The molecule has 0 aliphatic carbocycles. The number of nitrogens with zero attached hydrogens (tertiary/aromatic N) is 3. The van der Waals surface area contributed by atoms with Crippen LogP contribution < -0.4 is 5.32 Å². The fraction of sp³-hybridized carbons (Fsp3) is 0. The quantitative estimate of drug-likeness (QED) is 0.102. The minimum absolute atomic E-state index is 0. The fourth-order valence-electron chi connectivity index (χ4n) is 3.24. The Balaban J connectivity index is 0.00000324. The Morgan fingerprint density at radius 2 is 1.59 bits per heavy atom. The standard InChI is InChI=1S/C22H15ClN4O5S.Na/c23-17-13-15(27(28)29)9-10-19(17)26-25-18-11-12-20(24-14-5-2-1-3-6-14)22-16(18)7-4-8-21(22)33(30,31)32;/h1-13,24H,(H,30,31,32);. The number of nitro groups is 1. The number of non-ortho nitro benzene ring substituents is 1. The molecule has 0 amide bonds. The minimum Gasteiger partial charge on any atom is -0.355 e. The molecular weight excluding hydrogens is 491 g/mol. The van der Waals surface area contributed by atoms with Crippen molar-refractivity contribution >= 4 is 90.5 Å². The van der Waals surface area contributed by atoms with Crippen molar-refractivity contribution in [3.63, 3.8) is 0 Å². The molecular formula is C22H15ClN4NaO5S. The average molecular weight is 506 g/mol. The number of hydrogen-bond donors (Lipinski definition) is 2. The summed E-state index contributed by atoms with van der Waals surface area (Å²) in [7, 11) is -4.54. The number of para-hydroxylation sites is 1. The van der Waals surface area contributed by atoms with Gasteiger partial charge >= 0.3 is 0 Å². The molecule has 9 nitrogen and oxygen atoms in total. The van der Waals surface area contributed by atoms with Gasteiger partial charge in [0.2, 0.25) is 0 Å². The van der Waals surface area contributed by atoms with E-state index in [-0.39, 0.29) is 56.2 Å². The van der Waals surface area contributed by atoms with Crippen LogP contribution in [0.15, 0.2) is 94.0 Å². The molecule has 34 heavy (non-hydrogen) atoms. The maximum absolute atomic E-state index is 12.1. The molecule has 1 radical (unpaired) electrons. The summed E-state index contributed by atoms with van der Waals surface area (Å²) in [6.07, 6.45) is 0. The molecule has 4 rings (SSSR count). The molecule has 0 heterocycles. The molecule has 12 heteroatoms. The van der Waals surface area contributed by atoms with Gasteiger partial charge in [0.05, 0.1) is 15.6 Å². The number of anilines is 2. The Labute approximate surface area is 221 Å². The normalized spacial score (nSPS) is 11.4. The van der Waals surface area contributed by atoms with E-state index in [9.17, 15) is 23.1 Å². The SMILES string of the molecule is O=[N+]([O-])c1ccc(N=Nc2ccc(Nc3ccccc3)c3c(S(=O)(=O)O)cccc23)c(Cl)c1.[Na]. The smallest absolute Gasteiger partial charge is 0.295 e. The molecule has 167 valence electrons. The topological polar surface area (TPSA) is 134 Å². The Hall–Kier alpha value is -2.86. The monoisotopic (exact) mass is 505 g/mol. The number of nitro benzene ring substituents is 1. The van der Waals surface area contributed by atoms with Gasteiger partial charge in [-0.1, -0.05) is 41.9 Å². The second-order valence-electron chi connectivity index (χ2n) is 6.87. The first-order chi connectivity index (χ1) is 15.7. The average Bonchev–Trinajstić information content (AvgIpc) is 2.78. The molecule has 0 aliphatic heterocycles. The number of azo groups is 1. The molecule has 2 N–H and O–H groups in total. The zero-order valence-corrected chi connectivity index (χ0v) is 21.3. The number of halogens is 1. The Morgan fingerprint density at radius 3 is 2.24 bits per heavy atom. The van der Waals surface area contributed by atoms with E-state index in [4.69, 9.17) is 11.6 Å². The van der Waals surface area contributed by atoms with Crippen LogP contribution in [-0.4, -0.2) is 47.5 Å². The van der Waals surface area contributed by atoms with Crippen LogP contribution in [0.25, 0.3) is 10.8 Å². The summed E-state index contributed by atoms with van der Waals surface area (Å²) in [5.74, 6) is 0. The molecule has 0 aromatic heterocycles. The third kappa shape index (κ3) is 5.61. The van der Waals surface area contributed by atoms with Gasteiger partial charge in [-0.05, 0) is 36.4 Å². The predicted molar refractivity (Wildman–Crippen MR) is 132 cm³/mol. The van der Waals surface area contributed by atoms with Crippen LogP contribution in [0.4, 0.5) is 28.4 Å². The molecule has 0 saturated carbocycles. The van der Waals surface area contributed by atoms with E-state index in [0.717, 1.165) is 11.8 Å². The maximum atomic E-state index is 12.1. The van der Waals surface area contributed by atoms with E-state index in [2.05, 4.69) is 15.5 Å². The molecule has 0 spiro atoms. The summed E-state index contributed by atoms with van der Waals surface area (Å²) < 4.78 is 34.0. The molecule has 0 bridgehead atoms. The van der Waals surface area contributed by atoms with Crippen molar-refractivity contribution in [2.24, 2.45) is 10.2 Å². The molecule has 0 unspecified atom stereocenters. The van der Waals surface area contributed by atoms with E-state index < -0.39 is 15.0 Å². The zero-order valence-electron chi connectivity index (χ0n) is 17.7. The van der Waals surface area contributed by atoms with Crippen molar-refractivity contribution in [1.82, 2.24) is 0 Å². The number of nitrogens with one attached hydrogen (secondary N) is 1. The van der Waals surface area contributed by atoms with Crippen LogP contribution in [0, 0.1) is 10.1 Å². The van der Waals surface area contributed by atoms with E-state index >= 15 is 0 Å². The van der Waals surface area contributed by atoms with E-state index in [1.807, 2.05) is 30.3 Å². The van der Waals surface area contributed by atoms with Crippen LogP contribution >= 0.6 is 11.6 Å². The van der Waals surface area contributed by atoms with Crippen LogP contribution in [0.3, 0.4) is 0 Å². The van der Waals surface area contributed by atoms with Crippen molar-refractivity contribution in [3.8, 4) is 0 Å². The van der Waals surface area contributed by atoms with Crippen LogP contribution in [-0.2, 0) is 10.1 Å². The van der Waals surface area contributed by atoms with E-state index in [0.29, 0.717) is 16.8 Å². The third-order valence-corrected chi connectivity index (χ3v) is 5.92. The van der Waals surface area contributed by atoms with Gasteiger partial charge in [0.15, 0.2) is 0 Å². The second-order valence-corrected chi connectivity index (χ2v) is 8.67. The number of fused-ring (bicyclic) bond motifs is 1.